The lowest BCUT2D eigenvalue weighted by Gasteiger charge is -1.96. The van der Waals surface area contributed by atoms with Gasteiger partial charge in [-0.05, 0) is 25.0 Å². The first kappa shape index (κ1) is 9.71. The molecule has 15 heavy (non-hydrogen) atoms. The number of carbonyl (C=O) groups is 1. The summed E-state index contributed by atoms with van der Waals surface area (Å²) in [5.41, 5.74) is 1.55. The SMILES string of the molecule is C=CCCC=C1OC(=O)c2ccccc21. The van der Waals surface area contributed by atoms with E-state index in [0.29, 0.717) is 11.3 Å². The van der Waals surface area contributed by atoms with Crippen molar-refractivity contribution in [1.82, 2.24) is 0 Å². The summed E-state index contributed by atoms with van der Waals surface area (Å²) < 4.78 is 5.17. The Morgan fingerprint density at radius 2 is 1.93 bits per heavy atom. The first-order valence-corrected chi connectivity index (χ1v) is 4.95. The van der Waals surface area contributed by atoms with E-state index in [1.54, 1.807) is 6.07 Å². The Bertz CT molecular complexity index is 430. The molecule has 0 N–H and O–H groups in total. The highest BCUT2D eigenvalue weighted by Gasteiger charge is 2.24. The fourth-order valence-corrected chi connectivity index (χ4v) is 1.57. The lowest BCUT2D eigenvalue weighted by molar-refractivity contribution is 0.0715. The van der Waals surface area contributed by atoms with Gasteiger partial charge in [0.2, 0.25) is 0 Å². The van der Waals surface area contributed by atoms with Crippen LogP contribution in [0.1, 0.15) is 28.8 Å². The first-order chi connectivity index (χ1) is 7.33. The van der Waals surface area contributed by atoms with E-state index >= 15 is 0 Å². The number of carbonyl (C=O) groups excluding carboxylic acids is 1. The highest BCUT2D eigenvalue weighted by Crippen LogP contribution is 2.29. The van der Waals surface area contributed by atoms with Gasteiger partial charge in [-0.15, -0.1) is 6.58 Å². The smallest absolute Gasteiger partial charge is 0.344 e. The van der Waals surface area contributed by atoms with Crippen LogP contribution in [0.15, 0.2) is 43.0 Å². The van der Waals surface area contributed by atoms with Crippen LogP contribution in [0.4, 0.5) is 0 Å². The van der Waals surface area contributed by atoms with Crippen LogP contribution in [-0.4, -0.2) is 5.97 Å². The topological polar surface area (TPSA) is 26.3 Å². The third-order valence-corrected chi connectivity index (χ3v) is 2.32. The Balaban J connectivity index is 2.28. The van der Waals surface area contributed by atoms with Crippen molar-refractivity contribution >= 4 is 11.7 Å². The number of ether oxygens (including phenoxy) is 1. The van der Waals surface area contributed by atoms with E-state index in [4.69, 9.17) is 4.74 Å². The van der Waals surface area contributed by atoms with Gasteiger partial charge in [0.25, 0.3) is 0 Å². The van der Waals surface area contributed by atoms with E-state index in [2.05, 4.69) is 6.58 Å². The average molecular weight is 200 g/mol. The standard InChI is InChI=1S/C13H12O2/c1-2-3-4-9-12-10-7-5-6-8-11(10)13(14)15-12/h2,5-9H,1,3-4H2. The van der Waals surface area contributed by atoms with Crippen molar-refractivity contribution in [1.29, 1.82) is 0 Å². The number of fused-ring (bicyclic) bond motifs is 1. The summed E-state index contributed by atoms with van der Waals surface area (Å²) in [7, 11) is 0. The summed E-state index contributed by atoms with van der Waals surface area (Å²) in [5.74, 6) is 0.424. The third kappa shape index (κ3) is 1.84. The van der Waals surface area contributed by atoms with E-state index < -0.39 is 0 Å². The fraction of sp³-hybridized carbons (Fsp3) is 0.154. The van der Waals surface area contributed by atoms with Crippen molar-refractivity contribution in [3.05, 3.63) is 54.1 Å². The van der Waals surface area contributed by atoms with Crippen LogP contribution in [0.5, 0.6) is 0 Å². The molecule has 0 aliphatic carbocycles. The molecule has 0 saturated heterocycles. The van der Waals surface area contributed by atoms with Gasteiger partial charge in [-0.2, -0.15) is 0 Å². The van der Waals surface area contributed by atoms with Crippen molar-refractivity contribution in [2.45, 2.75) is 12.8 Å². The van der Waals surface area contributed by atoms with Crippen LogP contribution in [0.25, 0.3) is 5.76 Å². The molecule has 1 aromatic rings. The molecular formula is C13H12O2. The van der Waals surface area contributed by atoms with Crippen LogP contribution in [0.2, 0.25) is 0 Å². The second-order valence-electron chi connectivity index (χ2n) is 3.37. The monoisotopic (exact) mass is 200 g/mol. The van der Waals surface area contributed by atoms with Gasteiger partial charge in [-0.3, -0.25) is 0 Å². The van der Waals surface area contributed by atoms with Crippen molar-refractivity contribution < 1.29 is 9.53 Å². The minimum Gasteiger partial charge on any atom is -0.423 e. The Morgan fingerprint density at radius 1 is 1.20 bits per heavy atom. The Kier molecular flexibility index (Phi) is 2.68. The van der Waals surface area contributed by atoms with Crippen LogP contribution < -0.4 is 0 Å². The Hall–Kier alpha value is -1.83. The van der Waals surface area contributed by atoms with Gasteiger partial charge < -0.3 is 4.74 Å². The van der Waals surface area contributed by atoms with E-state index in [1.165, 1.54) is 0 Å². The molecule has 1 aliphatic heterocycles. The highest BCUT2D eigenvalue weighted by atomic mass is 16.5. The van der Waals surface area contributed by atoms with Crippen LogP contribution in [0.3, 0.4) is 0 Å². The summed E-state index contributed by atoms with van der Waals surface area (Å²) >= 11 is 0. The van der Waals surface area contributed by atoms with Gasteiger partial charge in [0, 0.05) is 5.56 Å². The zero-order valence-electron chi connectivity index (χ0n) is 8.40. The lowest BCUT2D eigenvalue weighted by atomic mass is 10.1. The largest absolute Gasteiger partial charge is 0.423 e. The highest BCUT2D eigenvalue weighted by molar-refractivity contribution is 6.02. The molecule has 0 saturated carbocycles. The molecule has 2 heteroatoms. The molecule has 2 rings (SSSR count). The number of esters is 1. The Morgan fingerprint density at radius 3 is 2.67 bits per heavy atom. The molecule has 0 fully saturated rings. The number of rotatable bonds is 3. The molecule has 0 spiro atoms. The molecule has 76 valence electrons. The normalized spacial score (nSPS) is 16.3. The third-order valence-electron chi connectivity index (χ3n) is 2.32. The van der Waals surface area contributed by atoms with Crippen molar-refractivity contribution in [2.24, 2.45) is 0 Å². The number of allylic oxidation sites excluding steroid dienone is 2. The van der Waals surface area contributed by atoms with E-state index in [9.17, 15) is 4.79 Å². The minimum absolute atomic E-state index is 0.254. The molecule has 1 heterocycles. The maximum absolute atomic E-state index is 11.4. The summed E-state index contributed by atoms with van der Waals surface area (Å²) in [5, 5.41) is 0. The van der Waals surface area contributed by atoms with Gasteiger partial charge in [0.05, 0.1) is 5.56 Å². The first-order valence-electron chi connectivity index (χ1n) is 4.95. The quantitative estimate of drug-likeness (QED) is 0.425. The van der Waals surface area contributed by atoms with Crippen molar-refractivity contribution in [3.8, 4) is 0 Å². The number of unbranched alkanes of at least 4 members (excludes halogenated alkanes) is 1. The van der Waals surface area contributed by atoms with Gasteiger partial charge in [-0.25, -0.2) is 4.79 Å². The zero-order valence-corrected chi connectivity index (χ0v) is 8.40. The van der Waals surface area contributed by atoms with Crippen molar-refractivity contribution in [2.75, 3.05) is 0 Å². The predicted molar refractivity (Wildman–Crippen MR) is 59.3 cm³/mol. The molecule has 0 amide bonds. The second-order valence-corrected chi connectivity index (χ2v) is 3.37. The van der Waals surface area contributed by atoms with Crippen LogP contribution in [0, 0.1) is 0 Å². The Labute approximate surface area is 88.9 Å². The van der Waals surface area contributed by atoms with E-state index in [-0.39, 0.29) is 5.97 Å². The predicted octanol–water partition coefficient (Wildman–Crippen LogP) is 3.16. The summed E-state index contributed by atoms with van der Waals surface area (Å²) in [6.45, 7) is 3.65. The molecule has 0 unspecified atom stereocenters. The molecule has 0 radical (unpaired) electrons. The number of hydrogen-bond acceptors (Lipinski definition) is 2. The van der Waals surface area contributed by atoms with Crippen molar-refractivity contribution in [3.63, 3.8) is 0 Å². The lowest BCUT2D eigenvalue weighted by Crippen LogP contribution is -1.92. The molecular weight excluding hydrogens is 188 g/mol. The number of benzene rings is 1. The zero-order chi connectivity index (χ0) is 10.7. The number of cyclic esters (lactones) is 1. The summed E-state index contributed by atoms with van der Waals surface area (Å²) in [6, 6.07) is 7.43. The van der Waals surface area contributed by atoms with Gasteiger partial charge >= 0.3 is 5.97 Å². The second kappa shape index (κ2) is 4.13. The molecule has 1 aliphatic rings. The van der Waals surface area contributed by atoms with Gasteiger partial charge in [-0.1, -0.05) is 24.3 Å². The number of hydrogen-bond donors (Lipinski definition) is 0. The van der Waals surface area contributed by atoms with Crippen LogP contribution in [-0.2, 0) is 4.74 Å². The molecule has 0 aromatic heterocycles. The summed E-state index contributed by atoms with van der Waals surface area (Å²) in [6.07, 6.45) is 5.52. The van der Waals surface area contributed by atoms with E-state index in [0.717, 1.165) is 18.4 Å². The average Bonchev–Trinajstić information content (AvgIpc) is 2.58. The molecule has 0 bridgehead atoms. The molecule has 0 atom stereocenters. The van der Waals surface area contributed by atoms with E-state index in [1.807, 2.05) is 30.4 Å². The maximum Gasteiger partial charge on any atom is 0.344 e. The maximum atomic E-state index is 11.4. The van der Waals surface area contributed by atoms with Gasteiger partial charge in [0.15, 0.2) is 0 Å². The minimum atomic E-state index is -0.254. The molecule has 1 aromatic carbocycles. The fourth-order valence-electron chi connectivity index (χ4n) is 1.57. The van der Waals surface area contributed by atoms with Gasteiger partial charge in [0.1, 0.15) is 5.76 Å². The van der Waals surface area contributed by atoms with Crippen LogP contribution >= 0.6 is 0 Å². The molecule has 2 nitrogen and oxygen atoms in total. The summed E-state index contributed by atoms with van der Waals surface area (Å²) in [4.78, 5) is 11.4.